The quantitative estimate of drug-likeness (QED) is 0.274. The van der Waals surface area contributed by atoms with Crippen molar-refractivity contribution in [3.05, 3.63) is 140 Å². The van der Waals surface area contributed by atoms with E-state index in [4.69, 9.17) is 0 Å². The molecule has 1 nitrogen and oxygen atoms in total. The van der Waals surface area contributed by atoms with E-state index in [-0.39, 0.29) is 0 Å². The topological polar surface area (TPSA) is 3.24 Å². The lowest BCUT2D eigenvalue weighted by atomic mass is 9.93. The number of nitrogens with zero attached hydrogens (tertiary/aromatic N) is 1. The maximum Gasteiger partial charge on any atom is 0.0546 e. The summed E-state index contributed by atoms with van der Waals surface area (Å²) in [6.07, 6.45) is 0. The van der Waals surface area contributed by atoms with Crippen LogP contribution in [0.5, 0.6) is 0 Å². The molecule has 0 spiro atoms. The Labute approximate surface area is 194 Å². The fourth-order valence-corrected chi connectivity index (χ4v) is 4.68. The van der Waals surface area contributed by atoms with E-state index in [1.807, 2.05) is 0 Å². The van der Waals surface area contributed by atoms with Crippen LogP contribution in [-0.4, -0.2) is 0 Å². The van der Waals surface area contributed by atoms with E-state index in [9.17, 15) is 0 Å². The predicted octanol–water partition coefficient (Wildman–Crippen LogP) is 9.13. The maximum atomic E-state index is 2.36. The molecule has 6 aromatic carbocycles. The highest BCUT2D eigenvalue weighted by Gasteiger charge is 2.19. The Kier molecular flexibility index (Phi) is 4.86. The van der Waals surface area contributed by atoms with Crippen LogP contribution < -0.4 is 4.90 Å². The molecule has 0 heterocycles. The molecule has 0 saturated carbocycles. The highest BCUT2D eigenvalue weighted by atomic mass is 15.1. The average Bonchev–Trinajstić information content (AvgIpc) is 2.90. The SMILES string of the molecule is c1ccc(N(c2ccccc2)c2ccc3ccccc3c2-c2ccc3ccccc3c2)cc1. The summed E-state index contributed by atoms with van der Waals surface area (Å²) in [4.78, 5) is 2.36. The molecule has 0 aliphatic carbocycles. The Balaban J connectivity index is 1.68. The zero-order valence-electron chi connectivity index (χ0n) is 18.2. The van der Waals surface area contributed by atoms with Gasteiger partial charge in [-0.05, 0) is 63.5 Å². The van der Waals surface area contributed by atoms with Gasteiger partial charge in [-0.25, -0.2) is 0 Å². The van der Waals surface area contributed by atoms with Gasteiger partial charge in [-0.15, -0.1) is 0 Å². The molecule has 33 heavy (non-hydrogen) atoms. The summed E-state index contributed by atoms with van der Waals surface area (Å²) in [5.41, 5.74) is 5.91. The molecule has 0 aromatic heterocycles. The lowest BCUT2D eigenvalue weighted by Crippen LogP contribution is -2.11. The van der Waals surface area contributed by atoms with E-state index < -0.39 is 0 Å². The molecule has 0 saturated heterocycles. The average molecular weight is 422 g/mol. The van der Waals surface area contributed by atoms with Crippen molar-refractivity contribution in [3.8, 4) is 11.1 Å². The Morgan fingerprint density at radius 3 is 1.64 bits per heavy atom. The highest BCUT2D eigenvalue weighted by molar-refractivity contribution is 6.06. The summed E-state index contributed by atoms with van der Waals surface area (Å²) in [5, 5.41) is 5.00. The van der Waals surface area contributed by atoms with E-state index in [0.717, 1.165) is 11.4 Å². The summed E-state index contributed by atoms with van der Waals surface area (Å²) in [7, 11) is 0. The van der Waals surface area contributed by atoms with Crippen molar-refractivity contribution in [1.82, 2.24) is 0 Å². The van der Waals surface area contributed by atoms with Gasteiger partial charge in [0, 0.05) is 16.9 Å². The van der Waals surface area contributed by atoms with Gasteiger partial charge in [0.25, 0.3) is 0 Å². The van der Waals surface area contributed by atoms with Gasteiger partial charge in [0.05, 0.1) is 5.69 Å². The Bertz CT molecular complexity index is 1510. The fourth-order valence-electron chi connectivity index (χ4n) is 4.68. The first-order chi connectivity index (χ1) is 16.4. The third-order valence-corrected chi connectivity index (χ3v) is 6.21. The van der Waals surface area contributed by atoms with E-state index in [1.54, 1.807) is 0 Å². The van der Waals surface area contributed by atoms with Crippen molar-refractivity contribution in [1.29, 1.82) is 0 Å². The van der Waals surface area contributed by atoms with Gasteiger partial charge < -0.3 is 4.90 Å². The maximum absolute atomic E-state index is 2.36. The molecule has 0 fully saturated rings. The van der Waals surface area contributed by atoms with E-state index in [0.29, 0.717) is 0 Å². The summed E-state index contributed by atoms with van der Waals surface area (Å²) >= 11 is 0. The van der Waals surface area contributed by atoms with Crippen molar-refractivity contribution in [2.45, 2.75) is 0 Å². The number of benzene rings is 6. The predicted molar refractivity (Wildman–Crippen MR) is 142 cm³/mol. The van der Waals surface area contributed by atoms with Crippen molar-refractivity contribution < 1.29 is 0 Å². The van der Waals surface area contributed by atoms with E-state index in [2.05, 4.69) is 144 Å². The molecule has 1 heteroatoms. The molecule has 6 aromatic rings. The number of fused-ring (bicyclic) bond motifs is 2. The van der Waals surface area contributed by atoms with Crippen LogP contribution in [0.25, 0.3) is 32.7 Å². The van der Waals surface area contributed by atoms with Gasteiger partial charge in [0.2, 0.25) is 0 Å². The van der Waals surface area contributed by atoms with E-state index >= 15 is 0 Å². The number of anilines is 3. The van der Waals surface area contributed by atoms with Crippen LogP contribution in [0.2, 0.25) is 0 Å². The van der Waals surface area contributed by atoms with Crippen LogP contribution in [0.1, 0.15) is 0 Å². The first-order valence-corrected chi connectivity index (χ1v) is 11.3. The van der Waals surface area contributed by atoms with Gasteiger partial charge >= 0.3 is 0 Å². The largest absolute Gasteiger partial charge is 0.310 e. The second kappa shape index (κ2) is 8.29. The third-order valence-electron chi connectivity index (χ3n) is 6.21. The summed E-state index contributed by atoms with van der Waals surface area (Å²) in [6.45, 7) is 0. The number of para-hydroxylation sites is 2. The highest BCUT2D eigenvalue weighted by Crippen LogP contribution is 2.44. The van der Waals surface area contributed by atoms with Crippen molar-refractivity contribution in [2.75, 3.05) is 4.90 Å². The molecule has 0 amide bonds. The number of hydrogen-bond acceptors (Lipinski definition) is 1. The first-order valence-electron chi connectivity index (χ1n) is 11.3. The Morgan fingerprint density at radius 1 is 0.394 bits per heavy atom. The molecule has 0 atom stereocenters. The molecular formula is C32H23N. The van der Waals surface area contributed by atoms with Crippen LogP contribution in [0.3, 0.4) is 0 Å². The van der Waals surface area contributed by atoms with Crippen LogP contribution in [-0.2, 0) is 0 Å². The minimum absolute atomic E-state index is 1.14. The number of hydrogen-bond donors (Lipinski definition) is 0. The monoisotopic (exact) mass is 421 g/mol. The number of rotatable bonds is 4. The zero-order valence-corrected chi connectivity index (χ0v) is 18.2. The van der Waals surface area contributed by atoms with Crippen LogP contribution >= 0.6 is 0 Å². The molecule has 0 radical (unpaired) electrons. The normalized spacial score (nSPS) is 11.0. The molecule has 0 aliphatic rings. The lowest BCUT2D eigenvalue weighted by Gasteiger charge is -2.28. The summed E-state index contributed by atoms with van der Waals surface area (Å²) in [6, 6.07) is 49.7. The first kappa shape index (κ1) is 19.3. The Morgan fingerprint density at radius 2 is 0.939 bits per heavy atom. The fraction of sp³-hybridized carbons (Fsp3) is 0. The summed E-state index contributed by atoms with van der Waals surface area (Å²) < 4.78 is 0. The minimum atomic E-state index is 1.14. The molecule has 0 bridgehead atoms. The summed E-state index contributed by atoms with van der Waals surface area (Å²) in [5.74, 6) is 0. The van der Waals surface area contributed by atoms with Gasteiger partial charge in [0.1, 0.15) is 0 Å². The van der Waals surface area contributed by atoms with Crippen LogP contribution in [0.15, 0.2) is 140 Å². The van der Waals surface area contributed by atoms with Crippen molar-refractivity contribution in [3.63, 3.8) is 0 Å². The van der Waals surface area contributed by atoms with Crippen molar-refractivity contribution >= 4 is 38.6 Å². The molecule has 0 unspecified atom stereocenters. The molecule has 0 aliphatic heterocycles. The third kappa shape index (κ3) is 3.54. The zero-order chi connectivity index (χ0) is 22.0. The van der Waals surface area contributed by atoms with Crippen molar-refractivity contribution in [2.24, 2.45) is 0 Å². The second-order valence-corrected chi connectivity index (χ2v) is 8.25. The standard InChI is InChI=1S/C32H23N/c1-3-14-28(15-4-1)33(29-16-5-2-6-17-29)31-22-21-25-12-9-10-18-30(25)32(31)27-20-19-24-11-7-8-13-26(24)23-27/h1-23H. The van der Waals surface area contributed by atoms with E-state index in [1.165, 1.54) is 38.4 Å². The molecular weight excluding hydrogens is 398 g/mol. The van der Waals surface area contributed by atoms with Gasteiger partial charge in [-0.1, -0.05) is 103 Å². The molecule has 156 valence electrons. The molecule has 0 N–H and O–H groups in total. The Hall–Kier alpha value is -4.36. The minimum Gasteiger partial charge on any atom is -0.310 e. The van der Waals surface area contributed by atoms with Crippen LogP contribution in [0.4, 0.5) is 17.1 Å². The van der Waals surface area contributed by atoms with Gasteiger partial charge in [-0.3, -0.25) is 0 Å². The smallest absolute Gasteiger partial charge is 0.0546 e. The van der Waals surface area contributed by atoms with Crippen LogP contribution in [0, 0.1) is 0 Å². The van der Waals surface area contributed by atoms with Gasteiger partial charge in [-0.2, -0.15) is 0 Å². The van der Waals surface area contributed by atoms with Gasteiger partial charge in [0.15, 0.2) is 0 Å². The molecule has 6 rings (SSSR count). The lowest BCUT2D eigenvalue weighted by molar-refractivity contribution is 1.29. The second-order valence-electron chi connectivity index (χ2n) is 8.25.